The van der Waals surface area contributed by atoms with Crippen molar-refractivity contribution in [2.45, 2.75) is 19.8 Å². The average Bonchev–Trinajstić information content (AvgIpc) is 2.60. The van der Waals surface area contributed by atoms with Crippen LogP contribution >= 0.6 is 0 Å². The highest BCUT2D eigenvalue weighted by Crippen LogP contribution is 2.46. The third kappa shape index (κ3) is 2.27. The van der Waals surface area contributed by atoms with E-state index >= 15 is 0 Å². The molecule has 0 aliphatic carbocycles. The number of esters is 1. The number of imide groups is 1. The Balaban J connectivity index is 1.81. The number of carbonyl (C=O) groups excluding carboxylic acids is 3. The number of nitrogens with zero attached hydrogens (tertiary/aromatic N) is 1. The minimum Gasteiger partial charge on any atom is -0.426 e. The number of para-hydroxylation sites is 1. The van der Waals surface area contributed by atoms with Gasteiger partial charge in [-0.2, -0.15) is 0 Å². The molecule has 0 spiro atoms. The third-order valence-corrected chi connectivity index (χ3v) is 5.03. The fraction of sp³-hybridized carbons (Fsp3) is 0.250. The second-order valence-corrected chi connectivity index (χ2v) is 6.60. The van der Waals surface area contributed by atoms with Gasteiger partial charge in [0.2, 0.25) is 11.8 Å². The first-order valence-corrected chi connectivity index (χ1v) is 8.24. The van der Waals surface area contributed by atoms with Gasteiger partial charge < -0.3 is 4.74 Å². The molecule has 1 fully saturated rings. The largest absolute Gasteiger partial charge is 0.426 e. The van der Waals surface area contributed by atoms with E-state index < -0.39 is 29.6 Å². The highest BCUT2D eigenvalue weighted by molar-refractivity contribution is 6.23. The lowest BCUT2D eigenvalue weighted by molar-refractivity contribution is -0.151. The molecule has 4 rings (SSSR count). The SMILES string of the molecule is Cc1ccc(N2C(=O)[C@H]3C(=O)Oc4ccccc4[C@H]3[C@H](C)C2=O)cc1. The van der Waals surface area contributed by atoms with Crippen LogP contribution in [-0.4, -0.2) is 17.8 Å². The van der Waals surface area contributed by atoms with Crippen molar-refractivity contribution in [1.82, 2.24) is 0 Å². The lowest BCUT2D eigenvalue weighted by Gasteiger charge is -2.41. The van der Waals surface area contributed by atoms with E-state index in [1.807, 2.05) is 31.2 Å². The molecular weight excluding hydrogens is 318 g/mol. The van der Waals surface area contributed by atoms with Crippen molar-refractivity contribution in [2.75, 3.05) is 4.90 Å². The summed E-state index contributed by atoms with van der Waals surface area (Å²) in [6.45, 7) is 3.70. The van der Waals surface area contributed by atoms with E-state index in [1.165, 1.54) is 0 Å². The van der Waals surface area contributed by atoms with Crippen LogP contribution in [-0.2, 0) is 14.4 Å². The zero-order valence-electron chi connectivity index (χ0n) is 13.9. The minimum atomic E-state index is -0.996. The van der Waals surface area contributed by atoms with Gasteiger partial charge in [-0.1, -0.05) is 42.8 Å². The van der Waals surface area contributed by atoms with Crippen molar-refractivity contribution in [1.29, 1.82) is 0 Å². The number of piperidine rings is 1. The molecule has 0 N–H and O–H groups in total. The molecule has 5 nitrogen and oxygen atoms in total. The Morgan fingerprint density at radius 1 is 0.920 bits per heavy atom. The van der Waals surface area contributed by atoms with Crippen LogP contribution in [0.4, 0.5) is 5.69 Å². The van der Waals surface area contributed by atoms with E-state index in [2.05, 4.69) is 0 Å². The van der Waals surface area contributed by atoms with E-state index in [0.29, 0.717) is 11.4 Å². The zero-order chi connectivity index (χ0) is 17.7. The lowest BCUT2D eigenvalue weighted by Crippen LogP contribution is -2.57. The van der Waals surface area contributed by atoms with E-state index in [-0.39, 0.29) is 5.91 Å². The number of ether oxygens (including phenoxy) is 1. The van der Waals surface area contributed by atoms with Crippen molar-refractivity contribution in [3.63, 3.8) is 0 Å². The molecule has 0 unspecified atom stereocenters. The molecule has 0 aromatic heterocycles. The molecule has 2 aromatic carbocycles. The van der Waals surface area contributed by atoms with Crippen LogP contribution in [0.1, 0.15) is 24.0 Å². The standard InChI is InChI=1S/C20H17NO4/c1-11-7-9-13(10-8-11)21-18(22)12(2)16-14-5-3-4-6-15(14)25-20(24)17(16)19(21)23/h3-10,12,16-17H,1-2H3/t12-,16+,17-/m0/s1. The quantitative estimate of drug-likeness (QED) is 0.348. The molecule has 2 amide bonds. The molecule has 25 heavy (non-hydrogen) atoms. The van der Waals surface area contributed by atoms with Crippen LogP contribution < -0.4 is 9.64 Å². The van der Waals surface area contributed by atoms with E-state index in [4.69, 9.17) is 4.74 Å². The van der Waals surface area contributed by atoms with Gasteiger partial charge in [0.1, 0.15) is 11.7 Å². The Hall–Kier alpha value is -2.95. The van der Waals surface area contributed by atoms with Gasteiger partial charge in [-0.3, -0.25) is 14.4 Å². The van der Waals surface area contributed by atoms with Gasteiger partial charge in [0.25, 0.3) is 0 Å². The average molecular weight is 335 g/mol. The van der Waals surface area contributed by atoms with E-state index in [1.54, 1.807) is 31.2 Å². The summed E-state index contributed by atoms with van der Waals surface area (Å²) in [5.74, 6) is -2.95. The van der Waals surface area contributed by atoms with Gasteiger partial charge in [0, 0.05) is 17.4 Å². The Labute approximate surface area is 145 Å². The summed E-state index contributed by atoms with van der Waals surface area (Å²) < 4.78 is 5.36. The minimum absolute atomic E-state index is 0.292. The molecule has 3 atom stereocenters. The van der Waals surface area contributed by atoms with Crippen molar-refractivity contribution in [3.05, 3.63) is 59.7 Å². The molecule has 0 radical (unpaired) electrons. The summed E-state index contributed by atoms with van der Waals surface area (Å²) in [4.78, 5) is 39.6. The Morgan fingerprint density at radius 3 is 2.32 bits per heavy atom. The summed E-state index contributed by atoms with van der Waals surface area (Å²) in [6, 6.07) is 14.2. The van der Waals surface area contributed by atoms with Gasteiger partial charge in [-0.25, -0.2) is 4.90 Å². The van der Waals surface area contributed by atoms with Crippen LogP contribution in [0.15, 0.2) is 48.5 Å². The molecule has 0 bridgehead atoms. The first-order valence-electron chi connectivity index (χ1n) is 8.24. The highest BCUT2D eigenvalue weighted by Gasteiger charge is 2.54. The van der Waals surface area contributed by atoms with Crippen LogP contribution in [0.5, 0.6) is 5.75 Å². The normalized spacial score (nSPS) is 25.3. The first kappa shape index (κ1) is 15.6. The maximum atomic E-state index is 13.0. The fourth-order valence-electron chi connectivity index (χ4n) is 3.71. The second-order valence-electron chi connectivity index (χ2n) is 6.60. The van der Waals surface area contributed by atoms with Crippen molar-refractivity contribution in [2.24, 2.45) is 11.8 Å². The predicted octanol–water partition coefficient (Wildman–Crippen LogP) is 2.82. The van der Waals surface area contributed by atoms with Gasteiger partial charge in [0.05, 0.1) is 5.69 Å². The van der Waals surface area contributed by atoms with Crippen LogP contribution in [0.25, 0.3) is 0 Å². The van der Waals surface area contributed by atoms with Gasteiger partial charge in [-0.05, 0) is 25.1 Å². The van der Waals surface area contributed by atoms with Crippen LogP contribution in [0.2, 0.25) is 0 Å². The number of rotatable bonds is 1. The van der Waals surface area contributed by atoms with Gasteiger partial charge in [0.15, 0.2) is 0 Å². The van der Waals surface area contributed by atoms with Crippen LogP contribution in [0.3, 0.4) is 0 Å². The number of fused-ring (bicyclic) bond motifs is 3. The number of hydrogen-bond acceptors (Lipinski definition) is 4. The first-order chi connectivity index (χ1) is 12.0. The summed E-state index contributed by atoms with van der Waals surface area (Å²) in [5, 5.41) is 0. The Bertz CT molecular complexity index is 887. The molecular formula is C20H17NO4. The molecule has 0 saturated carbocycles. The van der Waals surface area contributed by atoms with Gasteiger partial charge in [-0.15, -0.1) is 0 Å². The molecule has 2 aromatic rings. The number of aryl methyl sites for hydroxylation is 1. The van der Waals surface area contributed by atoms with Gasteiger partial charge >= 0.3 is 5.97 Å². The molecule has 5 heteroatoms. The maximum Gasteiger partial charge on any atom is 0.324 e. The zero-order valence-corrected chi connectivity index (χ0v) is 13.9. The second kappa shape index (κ2) is 5.55. The summed E-state index contributed by atoms with van der Waals surface area (Å²) >= 11 is 0. The van der Waals surface area contributed by atoms with Crippen molar-refractivity contribution in [3.8, 4) is 5.75 Å². The third-order valence-electron chi connectivity index (χ3n) is 5.03. The molecule has 2 heterocycles. The van der Waals surface area contributed by atoms with E-state index in [9.17, 15) is 14.4 Å². The maximum absolute atomic E-state index is 13.0. The highest BCUT2D eigenvalue weighted by atomic mass is 16.5. The monoisotopic (exact) mass is 335 g/mol. The Morgan fingerprint density at radius 2 is 1.60 bits per heavy atom. The predicted molar refractivity (Wildman–Crippen MR) is 91.1 cm³/mol. The number of benzene rings is 2. The topological polar surface area (TPSA) is 63.7 Å². The van der Waals surface area contributed by atoms with E-state index in [0.717, 1.165) is 16.0 Å². The lowest BCUT2D eigenvalue weighted by atomic mass is 9.72. The number of carbonyl (C=O) groups is 3. The summed E-state index contributed by atoms with van der Waals surface area (Å²) in [5.41, 5.74) is 2.25. The van der Waals surface area contributed by atoms with Crippen molar-refractivity contribution < 1.29 is 19.1 Å². The smallest absolute Gasteiger partial charge is 0.324 e. The molecule has 1 saturated heterocycles. The number of amides is 2. The van der Waals surface area contributed by atoms with Crippen LogP contribution in [0, 0.1) is 18.8 Å². The summed E-state index contributed by atoms with van der Waals surface area (Å²) in [6.07, 6.45) is 0. The number of hydrogen-bond donors (Lipinski definition) is 0. The molecule has 126 valence electrons. The number of anilines is 1. The van der Waals surface area contributed by atoms with Crippen molar-refractivity contribution >= 4 is 23.5 Å². The molecule has 2 aliphatic rings. The summed E-state index contributed by atoms with van der Waals surface area (Å²) in [7, 11) is 0. The Kier molecular flexibility index (Phi) is 3.46. The molecule has 2 aliphatic heterocycles. The fourth-order valence-corrected chi connectivity index (χ4v) is 3.71.